The number of hydrogen-bond donors (Lipinski definition) is 2. The van der Waals surface area contributed by atoms with Crippen LogP contribution >= 0.6 is 12.2 Å². The van der Waals surface area contributed by atoms with Crippen LogP contribution in [0.2, 0.25) is 0 Å². The maximum Gasteiger partial charge on any atom is 0.174 e. The van der Waals surface area contributed by atoms with Crippen molar-refractivity contribution in [3.8, 4) is 17.2 Å². The van der Waals surface area contributed by atoms with Crippen molar-refractivity contribution < 1.29 is 9.47 Å². The number of methoxy groups -OCH3 is 1. The van der Waals surface area contributed by atoms with Crippen molar-refractivity contribution >= 4 is 23.0 Å². The first-order valence-corrected chi connectivity index (χ1v) is 10.7. The van der Waals surface area contributed by atoms with Gasteiger partial charge in [-0.3, -0.25) is 4.98 Å². The lowest BCUT2D eigenvalue weighted by Gasteiger charge is -2.27. The van der Waals surface area contributed by atoms with Crippen LogP contribution in [0.1, 0.15) is 23.5 Å². The van der Waals surface area contributed by atoms with Gasteiger partial charge in [0.15, 0.2) is 5.11 Å². The van der Waals surface area contributed by atoms with Crippen molar-refractivity contribution in [2.75, 3.05) is 12.0 Å². The summed E-state index contributed by atoms with van der Waals surface area (Å²) < 4.78 is 11.2. The van der Waals surface area contributed by atoms with Gasteiger partial charge in [-0.05, 0) is 85.0 Å². The molecule has 6 nitrogen and oxygen atoms in total. The molecule has 7 heteroatoms. The van der Waals surface area contributed by atoms with Crippen LogP contribution < -0.4 is 19.7 Å². The Morgan fingerprint density at radius 2 is 1.59 bits per heavy atom. The topological polar surface area (TPSA) is 62.4 Å². The van der Waals surface area contributed by atoms with Gasteiger partial charge in [0.1, 0.15) is 23.3 Å². The highest BCUT2D eigenvalue weighted by Gasteiger charge is 2.41. The fourth-order valence-electron chi connectivity index (χ4n) is 3.93. The molecule has 2 aromatic heterocycles. The molecular formula is C25H22N4O2S. The first-order chi connectivity index (χ1) is 15.7. The Labute approximate surface area is 191 Å². The van der Waals surface area contributed by atoms with Crippen LogP contribution in [0, 0.1) is 0 Å². The minimum absolute atomic E-state index is 0.0549. The minimum Gasteiger partial charge on any atom is -0.497 e. The van der Waals surface area contributed by atoms with E-state index in [0.29, 0.717) is 5.11 Å². The molecule has 1 aliphatic rings. The number of aromatic nitrogens is 2. The molecule has 1 aliphatic heterocycles. The molecule has 3 heterocycles. The zero-order valence-electron chi connectivity index (χ0n) is 17.4. The lowest BCUT2D eigenvalue weighted by molar-refractivity contribution is 0.413. The molecule has 0 bridgehead atoms. The average Bonchev–Trinajstić information content (AvgIpc) is 3.48. The van der Waals surface area contributed by atoms with E-state index in [1.54, 1.807) is 13.3 Å². The van der Waals surface area contributed by atoms with Crippen molar-refractivity contribution in [3.63, 3.8) is 0 Å². The maximum atomic E-state index is 5.97. The predicted molar refractivity (Wildman–Crippen MR) is 128 cm³/mol. The SMILES string of the molecule is COc1ccc(Oc2ccc(N3C(=S)NC(c4ccccn4)C3c3ccc[nH]3)cc2)cc1. The van der Waals surface area contributed by atoms with Gasteiger partial charge < -0.3 is 24.7 Å². The molecule has 2 aromatic carbocycles. The highest BCUT2D eigenvalue weighted by Crippen LogP contribution is 2.41. The van der Waals surface area contributed by atoms with Crippen LogP contribution in [0.4, 0.5) is 5.69 Å². The van der Waals surface area contributed by atoms with Crippen molar-refractivity contribution in [1.29, 1.82) is 0 Å². The fourth-order valence-corrected chi connectivity index (χ4v) is 4.28. The average molecular weight is 443 g/mol. The van der Waals surface area contributed by atoms with E-state index in [-0.39, 0.29) is 12.1 Å². The molecule has 160 valence electrons. The molecule has 2 atom stereocenters. The van der Waals surface area contributed by atoms with Crippen LogP contribution in [0.5, 0.6) is 17.2 Å². The van der Waals surface area contributed by atoms with Gasteiger partial charge in [0.05, 0.1) is 18.8 Å². The Balaban J connectivity index is 1.42. The molecule has 0 radical (unpaired) electrons. The highest BCUT2D eigenvalue weighted by atomic mass is 32.1. The Morgan fingerprint density at radius 3 is 2.22 bits per heavy atom. The highest BCUT2D eigenvalue weighted by molar-refractivity contribution is 7.80. The largest absolute Gasteiger partial charge is 0.497 e. The van der Waals surface area contributed by atoms with Crippen LogP contribution in [0.15, 0.2) is 91.3 Å². The normalized spacial score (nSPS) is 17.8. The Hall–Kier alpha value is -3.84. The van der Waals surface area contributed by atoms with Gasteiger partial charge in [0.25, 0.3) is 0 Å². The number of H-pyrrole nitrogens is 1. The molecule has 2 unspecified atom stereocenters. The van der Waals surface area contributed by atoms with E-state index in [9.17, 15) is 0 Å². The number of nitrogens with zero attached hydrogens (tertiary/aromatic N) is 2. The van der Waals surface area contributed by atoms with E-state index in [1.165, 1.54) is 0 Å². The number of anilines is 1. The van der Waals surface area contributed by atoms with Gasteiger partial charge in [-0.25, -0.2) is 0 Å². The molecule has 1 saturated heterocycles. The molecule has 32 heavy (non-hydrogen) atoms. The van der Waals surface area contributed by atoms with Crippen LogP contribution in [0.25, 0.3) is 0 Å². The standard InChI is InChI=1S/C25H22N4O2S/c1-30-18-11-13-20(14-12-18)31-19-9-7-17(8-10-19)29-24(22-6-4-16-27-22)23(28-25(29)32)21-5-2-3-15-26-21/h2-16,23-24,27H,1H3,(H,28,32). The fraction of sp³-hybridized carbons (Fsp3) is 0.120. The molecule has 0 saturated carbocycles. The van der Waals surface area contributed by atoms with E-state index in [1.807, 2.05) is 79.0 Å². The second kappa shape index (κ2) is 8.72. The van der Waals surface area contributed by atoms with Crippen LogP contribution in [-0.2, 0) is 0 Å². The Kier molecular flexibility index (Phi) is 5.47. The number of pyridine rings is 1. The summed E-state index contributed by atoms with van der Waals surface area (Å²) in [5, 5.41) is 4.11. The molecule has 0 aliphatic carbocycles. The molecule has 1 fully saturated rings. The van der Waals surface area contributed by atoms with Gasteiger partial charge >= 0.3 is 0 Å². The first kappa shape index (κ1) is 20.1. The van der Waals surface area contributed by atoms with E-state index >= 15 is 0 Å². The van der Waals surface area contributed by atoms with E-state index in [2.05, 4.69) is 26.3 Å². The molecule has 5 rings (SSSR count). The lowest BCUT2D eigenvalue weighted by atomic mass is 10.0. The van der Waals surface area contributed by atoms with Crippen molar-refractivity contribution in [1.82, 2.24) is 15.3 Å². The smallest absolute Gasteiger partial charge is 0.174 e. The third-order valence-corrected chi connectivity index (χ3v) is 5.76. The summed E-state index contributed by atoms with van der Waals surface area (Å²) in [6, 6.07) is 25.3. The van der Waals surface area contributed by atoms with Crippen molar-refractivity contribution in [2.45, 2.75) is 12.1 Å². The monoisotopic (exact) mass is 442 g/mol. The van der Waals surface area contributed by atoms with Gasteiger partial charge in [0.2, 0.25) is 0 Å². The number of rotatable bonds is 6. The molecule has 4 aromatic rings. The molecule has 0 amide bonds. The number of nitrogens with one attached hydrogen (secondary N) is 2. The third-order valence-electron chi connectivity index (χ3n) is 5.45. The second-order valence-electron chi connectivity index (χ2n) is 7.39. The maximum absolute atomic E-state index is 5.97. The summed E-state index contributed by atoms with van der Waals surface area (Å²) in [6.07, 6.45) is 3.73. The quantitative estimate of drug-likeness (QED) is 0.391. The summed E-state index contributed by atoms with van der Waals surface area (Å²) in [5.74, 6) is 2.28. The minimum atomic E-state index is -0.0717. The predicted octanol–water partition coefficient (Wildman–Crippen LogP) is 5.39. The number of ether oxygens (including phenoxy) is 2. The van der Waals surface area contributed by atoms with E-state index in [4.69, 9.17) is 21.7 Å². The number of thiocarbonyl (C=S) groups is 1. The Morgan fingerprint density at radius 1 is 0.875 bits per heavy atom. The third kappa shape index (κ3) is 3.90. The summed E-state index contributed by atoms with van der Waals surface area (Å²) in [5.41, 5.74) is 2.98. The lowest BCUT2D eigenvalue weighted by Crippen LogP contribution is -2.29. The summed E-state index contributed by atoms with van der Waals surface area (Å²) in [4.78, 5) is 10.0. The molecule has 0 spiro atoms. The summed E-state index contributed by atoms with van der Waals surface area (Å²) in [6.45, 7) is 0. The first-order valence-electron chi connectivity index (χ1n) is 10.3. The van der Waals surface area contributed by atoms with Crippen molar-refractivity contribution in [2.24, 2.45) is 0 Å². The van der Waals surface area contributed by atoms with E-state index in [0.717, 1.165) is 34.3 Å². The van der Waals surface area contributed by atoms with Crippen LogP contribution in [0.3, 0.4) is 0 Å². The zero-order valence-corrected chi connectivity index (χ0v) is 18.3. The van der Waals surface area contributed by atoms with Gasteiger partial charge in [0, 0.05) is 23.8 Å². The Bertz CT molecular complexity index is 1180. The van der Waals surface area contributed by atoms with E-state index < -0.39 is 0 Å². The number of hydrogen-bond acceptors (Lipinski definition) is 4. The molecular weight excluding hydrogens is 420 g/mol. The number of aromatic amines is 1. The van der Waals surface area contributed by atoms with Crippen LogP contribution in [-0.4, -0.2) is 22.2 Å². The summed E-state index contributed by atoms with van der Waals surface area (Å²) >= 11 is 5.74. The van der Waals surface area contributed by atoms with Crippen molar-refractivity contribution in [3.05, 3.63) is 103 Å². The summed E-state index contributed by atoms with van der Waals surface area (Å²) in [7, 11) is 1.64. The van der Waals surface area contributed by atoms with Gasteiger partial charge in [-0.1, -0.05) is 6.07 Å². The van der Waals surface area contributed by atoms with Gasteiger partial charge in [-0.2, -0.15) is 0 Å². The number of benzene rings is 2. The van der Waals surface area contributed by atoms with Gasteiger partial charge in [-0.15, -0.1) is 0 Å². The zero-order chi connectivity index (χ0) is 21.9. The second-order valence-corrected chi connectivity index (χ2v) is 7.78. The molecule has 2 N–H and O–H groups in total.